The van der Waals surface area contributed by atoms with Gasteiger partial charge in [-0.05, 0) is 23.4 Å². The average molecular weight is 307 g/mol. The standard InChI is InChI=1S/C11H16BrFN2S/c1-7(2)16-6-11(15-14)9-5-8(12)3-4-10(9)13/h3-5,7,11,15H,6,14H2,1-2H3. The molecule has 0 saturated carbocycles. The first-order valence-corrected chi connectivity index (χ1v) is 6.91. The van der Waals surface area contributed by atoms with Crippen molar-refractivity contribution in [2.24, 2.45) is 5.84 Å². The maximum atomic E-state index is 13.6. The minimum Gasteiger partial charge on any atom is -0.271 e. The van der Waals surface area contributed by atoms with E-state index in [1.165, 1.54) is 6.07 Å². The van der Waals surface area contributed by atoms with Gasteiger partial charge in [0.05, 0.1) is 6.04 Å². The van der Waals surface area contributed by atoms with E-state index < -0.39 is 0 Å². The molecule has 90 valence electrons. The van der Waals surface area contributed by atoms with Crippen LogP contribution in [0.1, 0.15) is 25.5 Å². The van der Waals surface area contributed by atoms with Crippen molar-refractivity contribution in [1.29, 1.82) is 0 Å². The summed E-state index contributed by atoms with van der Waals surface area (Å²) in [5, 5.41) is 0.506. The van der Waals surface area contributed by atoms with Crippen LogP contribution in [0.2, 0.25) is 0 Å². The maximum absolute atomic E-state index is 13.6. The summed E-state index contributed by atoms with van der Waals surface area (Å²) in [4.78, 5) is 0. The van der Waals surface area contributed by atoms with Gasteiger partial charge < -0.3 is 0 Å². The van der Waals surface area contributed by atoms with Crippen LogP contribution in [0.25, 0.3) is 0 Å². The van der Waals surface area contributed by atoms with E-state index >= 15 is 0 Å². The van der Waals surface area contributed by atoms with Gasteiger partial charge in [0.1, 0.15) is 5.82 Å². The van der Waals surface area contributed by atoms with Crippen LogP contribution in [0.4, 0.5) is 4.39 Å². The molecule has 0 aliphatic rings. The summed E-state index contributed by atoms with van der Waals surface area (Å²) in [6.45, 7) is 4.21. The molecular weight excluding hydrogens is 291 g/mol. The van der Waals surface area contributed by atoms with Crippen LogP contribution < -0.4 is 11.3 Å². The second-order valence-electron chi connectivity index (χ2n) is 3.77. The highest BCUT2D eigenvalue weighted by Gasteiger charge is 2.15. The first-order valence-electron chi connectivity index (χ1n) is 5.07. The third-order valence-corrected chi connectivity index (χ3v) is 3.82. The van der Waals surface area contributed by atoms with Crippen molar-refractivity contribution in [1.82, 2.24) is 5.43 Å². The molecule has 5 heteroatoms. The van der Waals surface area contributed by atoms with Gasteiger partial charge in [0, 0.05) is 15.8 Å². The Labute approximate surface area is 108 Å². The molecule has 1 aromatic carbocycles. The van der Waals surface area contributed by atoms with Gasteiger partial charge >= 0.3 is 0 Å². The van der Waals surface area contributed by atoms with Crippen LogP contribution in [0.5, 0.6) is 0 Å². The van der Waals surface area contributed by atoms with Crippen molar-refractivity contribution in [3.63, 3.8) is 0 Å². The minimum atomic E-state index is -0.226. The normalized spacial score (nSPS) is 13.1. The van der Waals surface area contributed by atoms with E-state index in [-0.39, 0.29) is 11.9 Å². The van der Waals surface area contributed by atoms with Gasteiger partial charge in [-0.2, -0.15) is 11.8 Å². The highest BCUT2D eigenvalue weighted by molar-refractivity contribution is 9.10. The molecule has 2 nitrogen and oxygen atoms in total. The Hall–Kier alpha value is -0.100. The van der Waals surface area contributed by atoms with Crippen molar-refractivity contribution in [3.8, 4) is 0 Å². The SMILES string of the molecule is CC(C)SCC(NN)c1cc(Br)ccc1F. The predicted molar refractivity (Wildman–Crippen MR) is 71.8 cm³/mol. The van der Waals surface area contributed by atoms with E-state index in [1.54, 1.807) is 23.9 Å². The van der Waals surface area contributed by atoms with E-state index in [1.807, 2.05) is 0 Å². The fourth-order valence-electron chi connectivity index (χ4n) is 1.30. The first-order chi connectivity index (χ1) is 7.54. The lowest BCUT2D eigenvalue weighted by Crippen LogP contribution is -2.30. The van der Waals surface area contributed by atoms with E-state index in [9.17, 15) is 4.39 Å². The van der Waals surface area contributed by atoms with Crippen molar-refractivity contribution in [2.75, 3.05) is 5.75 Å². The number of halogens is 2. The van der Waals surface area contributed by atoms with Gasteiger partial charge in [0.2, 0.25) is 0 Å². The molecule has 1 unspecified atom stereocenters. The molecular formula is C11H16BrFN2S. The molecule has 16 heavy (non-hydrogen) atoms. The molecule has 0 aliphatic heterocycles. The number of hydrazine groups is 1. The quantitative estimate of drug-likeness (QED) is 0.648. The molecule has 0 aromatic heterocycles. The molecule has 0 aliphatic carbocycles. The van der Waals surface area contributed by atoms with Gasteiger partial charge in [-0.15, -0.1) is 0 Å². The van der Waals surface area contributed by atoms with Crippen molar-refractivity contribution < 1.29 is 4.39 Å². The summed E-state index contributed by atoms with van der Waals surface area (Å²) in [6.07, 6.45) is 0. The average Bonchev–Trinajstić information content (AvgIpc) is 2.23. The minimum absolute atomic E-state index is 0.162. The molecule has 1 rings (SSSR count). The Bertz CT molecular complexity index is 347. The Balaban J connectivity index is 2.81. The third kappa shape index (κ3) is 4.05. The van der Waals surface area contributed by atoms with Gasteiger partial charge in [0.15, 0.2) is 0 Å². The lowest BCUT2D eigenvalue weighted by atomic mass is 10.1. The van der Waals surface area contributed by atoms with Gasteiger partial charge in [-0.25, -0.2) is 4.39 Å². The van der Waals surface area contributed by atoms with Crippen LogP contribution in [0, 0.1) is 5.82 Å². The molecule has 0 bridgehead atoms. The van der Waals surface area contributed by atoms with Crippen LogP contribution in [0.3, 0.4) is 0 Å². The molecule has 0 spiro atoms. The monoisotopic (exact) mass is 306 g/mol. The summed E-state index contributed by atoms with van der Waals surface area (Å²) in [5.41, 5.74) is 3.26. The predicted octanol–water partition coefficient (Wildman–Crippen LogP) is 3.23. The van der Waals surface area contributed by atoms with E-state index in [4.69, 9.17) is 5.84 Å². The van der Waals surface area contributed by atoms with Crippen LogP contribution >= 0.6 is 27.7 Å². The summed E-state index contributed by atoms with van der Waals surface area (Å²) in [5.74, 6) is 5.99. The number of thioether (sulfide) groups is 1. The molecule has 0 heterocycles. The van der Waals surface area contributed by atoms with E-state index in [2.05, 4.69) is 35.2 Å². The lowest BCUT2D eigenvalue weighted by Gasteiger charge is -2.18. The second kappa shape index (κ2) is 6.59. The number of nitrogens with one attached hydrogen (secondary N) is 1. The van der Waals surface area contributed by atoms with E-state index in [0.717, 1.165) is 10.2 Å². The Morgan fingerprint density at radius 1 is 1.50 bits per heavy atom. The zero-order valence-electron chi connectivity index (χ0n) is 9.34. The largest absolute Gasteiger partial charge is 0.271 e. The maximum Gasteiger partial charge on any atom is 0.128 e. The molecule has 0 fully saturated rings. The fourth-order valence-corrected chi connectivity index (χ4v) is 2.53. The smallest absolute Gasteiger partial charge is 0.128 e. The van der Waals surface area contributed by atoms with Crippen LogP contribution in [-0.2, 0) is 0 Å². The Morgan fingerprint density at radius 3 is 2.75 bits per heavy atom. The van der Waals surface area contributed by atoms with Crippen molar-refractivity contribution in [2.45, 2.75) is 25.1 Å². The molecule has 3 N–H and O–H groups in total. The molecule has 0 amide bonds. The lowest BCUT2D eigenvalue weighted by molar-refractivity contribution is 0.546. The summed E-state index contributed by atoms with van der Waals surface area (Å²) in [7, 11) is 0. The van der Waals surface area contributed by atoms with Gasteiger partial charge in [0.25, 0.3) is 0 Å². The number of benzene rings is 1. The number of nitrogens with two attached hydrogens (primary N) is 1. The molecule has 0 radical (unpaired) electrons. The highest BCUT2D eigenvalue weighted by Crippen LogP contribution is 2.25. The number of hydrogen-bond donors (Lipinski definition) is 2. The molecule has 1 aromatic rings. The third-order valence-electron chi connectivity index (χ3n) is 2.13. The summed E-state index contributed by atoms with van der Waals surface area (Å²) in [6, 6.07) is 4.73. The topological polar surface area (TPSA) is 38.0 Å². The Morgan fingerprint density at radius 2 is 2.19 bits per heavy atom. The number of rotatable bonds is 5. The summed E-state index contributed by atoms with van der Waals surface area (Å²) >= 11 is 5.08. The summed E-state index contributed by atoms with van der Waals surface area (Å²) < 4.78 is 14.5. The molecule has 1 atom stereocenters. The van der Waals surface area contributed by atoms with Gasteiger partial charge in [-0.1, -0.05) is 29.8 Å². The van der Waals surface area contributed by atoms with E-state index in [0.29, 0.717) is 10.8 Å². The van der Waals surface area contributed by atoms with Crippen molar-refractivity contribution in [3.05, 3.63) is 34.1 Å². The molecule has 0 saturated heterocycles. The highest BCUT2D eigenvalue weighted by atomic mass is 79.9. The number of hydrogen-bond acceptors (Lipinski definition) is 3. The first kappa shape index (κ1) is 14.0. The van der Waals surface area contributed by atoms with Crippen molar-refractivity contribution >= 4 is 27.7 Å². The fraction of sp³-hybridized carbons (Fsp3) is 0.455. The van der Waals surface area contributed by atoms with Crippen LogP contribution in [-0.4, -0.2) is 11.0 Å². The zero-order valence-corrected chi connectivity index (χ0v) is 11.7. The van der Waals surface area contributed by atoms with Crippen LogP contribution in [0.15, 0.2) is 22.7 Å². The zero-order chi connectivity index (χ0) is 12.1. The Kier molecular flexibility index (Phi) is 5.75. The van der Waals surface area contributed by atoms with Gasteiger partial charge in [-0.3, -0.25) is 11.3 Å². The second-order valence-corrected chi connectivity index (χ2v) is 6.29.